The molecule has 0 radical (unpaired) electrons. The molecule has 140 valence electrons. The minimum Gasteiger partial charge on any atom is -0.497 e. The first kappa shape index (κ1) is 18.2. The first-order valence-electron chi connectivity index (χ1n) is 9.10. The smallest absolute Gasteiger partial charge is 0.220 e. The van der Waals surface area contributed by atoms with E-state index in [-0.39, 0.29) is 5.91 Å². The van der Waals surface area contributed by atoms with Gasteiger partial charge in [0.1, 0.15) is 17.3 Å². The van der Waals surface area contributed by atoms with Gasteiger partial charge in [0, 0.05) is 19.4 Å². The van der Waals surface area contributed by atoms with Gasteiger partial charge in [0.05, 0.1) is 20.8 Å². The van der Waals surface area contributed by atoms with Gasteiger partial charge in [-0.05, 0) is 43.0 Å². The van der Waals surface area contributed by atoms with E-state index in [2.05, 4.69) is 20.1 Å². The molecule has 1 aromatic heterocycles. The van der Waals surface area contributed by atoms with E-state index in [9.17, 15) is 4.79 Å². The molecule has 1 aromatic carbocycles. The minimum atomic E-state index is -0.0131. The summed E-state index contributed by atoms with van der Waals surface area (Å²) in [6.45, 7) is 1.36. The van der Waals surface area contributed by atoms with Crippen molar-refractivity contribution in [3.05, 3.63) is 35.4 Å². The fourth-order valence-corrected chi connectivity index (χ4v) is 3.27. The fourth-order valence-electron chi connectivity index (χ4n) is 3.27. The van der Waals surface area contributed by atoms with Crippen molar-refractivity contribution in [3.63, 3.8) is 0 Å². The van der Waals surface area contributed by atoms with Crippen LogP contribution in [-0.2, 0) is 30.7 Å². The van der Waals surface area contributed by atoms with Crippen LogP contribution in [-0.4, -0.2) is 34.9 Å². The quantitative estimate of drug-likeness (QED) is 0.821. The molecule has 2 aromatic rings. The number of methoxy groups -OCH3 is 2. The summed E-state index contributed by atoms with van der Waals surface area (Å²) in [6, 6.07) is 5.61. The zero-order chi connectivity index (χ0) is 18.4. The number of aromatic nitrogens is 3. The van der Waals surface area contributed by atoms with Gasteiger partial charge in [-0.25, -0.2) is 0 Å². The van der Waals surface area contributed by atoms with Crippen molar-refractivity contribution in [2.45, 2.75) is 51.6 Å². The third kappa shape index (κ3) is 4.33. The van der Waals surface area contributed by atoms with E-state index in [1.165, 1.54) is 6.42 Å². The van der Waals surface area contributed by atoms with Crippen LogP contribution >= 0.6 is 0 Å². The summed E-state index contributed by atoms with van der Waals surface area (Å²) >= 11 is 0. The second-order valence-electron chi connectivity index (χ2n) is 6.45. The average molecular weight is 358 g/mol. The van der Waals surface area contributed by atoms with Gasteiger partial charge in [-0.2, -0.15) is 0 Å². The molecule has 0 aliphatic carbocycles. The van der Waals surface area contributed by atoms with E-state index in [1.807, 2.05) is 18.2 Å². The molecule has 0 spiro atoms. The molecule has 0 unspecified atom stereocenters. The van der Waals surface area contributed by atoms with Crippen LogP contribution in [0.1, 0.15) is 42.9 Å². The van der Waals surface area contributed by atoms with Crippen molar-refractivity contribution < 1.29 is 14.3 Å². The van der Waals surface area contributed by atoms with Crippen LogP contribution in [0.2, 0.25) is 0 Å². The Kier molecular flexibility index (Phi) is 6.09. The van der Waals surface area contributed by atoms with Crippen LogP contribution in [0.3, 0.4) is 0 Å². The maximum atomic E-state index is 12.3. The molecule has 1 amide bonds. The Bertz CT molecular complexity index is 757. The molecule has 0 saturated carbocycles. The number of rotatable bonds is 7. The molecule has 3 rings (SSSR count). The van der Waals surface area contributed by atoms with E-state index < -0.39 is 0 Å². The number of aryl methyl sites for hydroxylation is 2. The van der Waals surface area contributed by atoms with E-state index in [1.54, 1.807) is 14.2 Å². The molecular weight excluding hydrogens is 332 g/mol. The molecule has 7 heteroatoms. The highest BCUT2D eigenvalue weighted by atomic mass is 16.5. The Morgan fingerprint density at radius 3 is 2.88 bits per heavy atom. The minimum absolute atomic E-state index is 0.0131. The van der Waals surface area contributed by atoms with Crippen molar-refractivity contribution in [2.24, 2.45) is 0 Å². The van der Waals surface area contributed by atoms with Gasteiger partial charge >= 0.3 is 0 Å². The second-order valence-corrected chi connectivity index (χ2v) is 6.45. The molecule has 1 aliphatic heterocycles. The number of hydrogen-bond donors (Lipinski definition) is 1. The van der Waals surface area contributed by atoms with Crippen LogP contribution in [0.4, 0.5) is 0 Å². The average Bonchev–Trinajstić information content (AvgIpc) is 2.90. The Morgan fingerprint density at radius 2 is 2.08 bits per heavy atom. The third-order valence-corrected chi connectivity index (χ3v) is 4.74. The van der Waals surface area contributed by atoms with Gasteiger partial charge in [0.15, 0.2) is 5.82 Å². The van der Waals surface area contributed by atoms with Crippen LogP contribution in [0, 0.1) is 0 Å². The van der Waals surface area contributed by atoms with Crippen molar-refractivity contribution in [1.82, 2.24) is 20.1 Å². The lowest BCUT2D eigenvalue weighted by molar-refractivity contribution is -0.121. The molecule has 0 fully saturated rings. The molecule has 0 bridgehead atoms. The lowest BCUT2D eigenvalue weighted by Gasteiger charge is -2.11. The molecule has 26 heavy (non-hydrogen) atoms. The highest BCUT2D eigenvalue weighted by Gasteiger charge is 2.15. The Hall–Kier alpha value is -2.57. The maximum Gasteiger partial charge on any atom is 0.220 e. The van der Waals surface area contributed by atoms with Crippen LogP contribution < -0.4 is 14.8 Å². The summed E-state index contributed by atoms with van der Waals surface area (Å²) in [5.41, 5.74) is 0.957. The number of carbonyl (C=O) groups excluding carboxylic acids is 1. The summed E-state index contributed by atoms with van der Waals surface area (Å²) in [4.78, 5) is 12.3. The first-order valence-corrected chi connectivity index (χ1v) is 9.10. The fraction of sp³-hybridized carbons (Fsp3) is 0.526. The van der Waals surface area contributed by atoms with Gasteiger partial charge in [0.2, 0.25) is 5.91 Å². The number of fused-ring (bicyclic) bond motifs is 1. The number of ether oxygens (including phenoxy) is 2. The van der Waals surface area contributed by atoms with E-state index in [0.717, 1.165) is 54.5 Å². The molecule has 2 heterocycles. The van der Waals surface area contributed by atoms with Gasteiger partial charge in [-0.1, -0.05) is 6.42 Å². The number of nitrogens with zero attached hydrogens (tertiary/aromatic N) is 3. The predicted molar refractivity (Wildman–Crippen MR) is 97.3 cm³/mol. The summed E-state index contributed by atoms with van der Waals surface area (Å²) < 4.78 is 12.8. The molecule has 7 nitrogen and oxygen atoms in total. The molecule has 1 aliphatic rings. The zero-order valence-electron chi connectivity index (χ0n) is 15.5. The SMILES string of the molecule is COc1ccc(OC)c(CCC(=O)NCc2nnc3n2CCCCC3)c1. The molecule has 1 N–H and O–H groups in total. The number of nitrogens with one attached hydrogen (secondary N) is 1. The van der Waals surface area contributed by atoms with Crippen molar-refractivity contribution in [1.29, 1.82) is 0 Å². The number of hydrogen-bond acceptors (Lipinski definition) is 5. The monoisotopic (exact) mass is 358 g/mol. The summed E-state index contributed by atoms with van der Waals surface area (Å²) in [5, 5.41) is 11.5. The van der Waals surface area contributed by atoms with E-state index in [0.29, 0.717) is 19.4 Å². The van der Waals surface area contributed by atoms with E-state index in [4.69, 9.17) is 9.47 Å². The lowest BCUT2D eigenvalue weighted by Crippen LogP contribution is -2.25. The molecular formula is C19H26N4O3. The Morgan fingerprint density at radius 1 is 1.19 bits per heavy atom. The van der Waals surface area contributed by atoms with E-state index >= 15 is 0 Å². The number of amides is 1. The molecule has 0 saturated heterocycles. The molecule has 0 atom stereocenters. The standard InChI is InChI=1S/C19H26N4O3/c1-25-15-8-9-16(26-2)14(12-15)7-10-19(24)20-13-18-22-21-17-6-4-3-5-11-23(17)18/h8-9,12H,3-7,10-11,13H2,1-2H3,(H,20,24). The number of carbonyl (C=O) groups is 1. The zero-order valence-corrected chi connectivity index (χ0v) is 15.5. The summed E-state index contributed by atoms with van der Waals surface area (Å²) in [6.07, 6.45) is 5.46. The normalized spacial score (nSPS) is 13.6. The van der Waals surface area contributed by atoms with Gasteiger partial charge in [0.25, 0.3) is 0 Å². The lowest BCUT2D eigenvalue weighted by atomic mass is 10.1. The first-order chi connectivity index (χ1) is 12.7. The Balaban J connectivity index is 1.55. The van der Waals surface area contributed by atoms with Gasteiger partial charge < -0.3 is 19.4 Å². The highest BCUT2D eigenvalue weighted by molar-refractivity contribution is 5.76. The maximum absolute atomic E-state index is 12.3. The van der Waals surface area contributed by atoms with Crippen molar-refractivity contribution in [2.75, 3.05) is 14.2 Å². The second kappa shape index (κ2) is 8.69. The van der Waals surface area contributed by atoms with Crippen LogP contribution in [0.25, 0.3) is 0 Å². The number of benzene rings is 1. The van der Waals surface area contributed by atoms with Crippen molar-refractivity contribution >= 4 is 5.91 Å². The summed E-state index contributed by atoms with van der Waals surface area (Å²) in [7, 11) is 3.25. The topological polar surface area (TPSA) is 78.3 Å². The van der Waals surface area contributed by atoms with Gasteiger partial charge in [-0.15, -0.1) is 10.2 Å². The third-order valence-electron chi connectivity index (χ3n) is 4.74. The predicted octanol–water partition coefficient (Wildman–Crippen LogP) is 2.27. The van der Waals surface area contributed by atoms with Crippen molar-refractivity contribution in [3.8, 4) is 11.5 Å². The van der Waals surface area contributed by atoms with Crippen LogP contribution in [0.15, 0.2) is 18.2 Å². The largest absolute Gasteiger partial charge is 0.497 e. The van der Waals surface area contributed by atoms with Crippen LogP contribution in [0.5, 0.6) is 11.5 Å². The highest BCUT2D eigenvalue weighted by Crippen LogP contribution is 2.25. The van der Waals surface area contributed by atoms with Gasteiger partial charge in [-0.3, -0.25) is 4.79 Å². The Labute approximate surface area is 153 Å². The summed E-state index contributed by atoms with van der Waals surface area (Å²) in [5.74, 6) is 3.39.